The van der Waals surface area contributed by atoms with Crippen LogP contribution in [0.3, 0.4) is 0 Å². The standard InChI is InChI=1S/C17H18N2O3S/c1-19-16-8-7-13(11-14(16)12-17(19)20)9-10-18-23(21,22)15-5-3-2-4-6-15/h2-8,11,18H,9-10,12H2,1H3. The van der Waals surface area contributed by atoms with E-state index in [4.69, 9.17) is 0 Å². The molecular formula is C17H18N2O3S. The summed E-state index contributed by atoms with van der Waals surface area (Å²) in [6, 6.07) is 14.1. The van der Waals surface area contributed by atoms with Crippen molar-refractivity contribution in [3.63, 3.8) is 0 Å². The first kappa shape index (κ1) is 15.7. The van der Waals surface area contributed by atoms with Gasteiger partial charge in [0.15, 0.2) is 0 Å². The van der Waals surface area contributed by atoms with Crippen molar-refractivity contribution in [3.05, 3.63) is 59.7 Å². The molecule has 0 aromatic heterocycles. The van der Waals surface area contributed by atoms with Crippen LogP contribution in [0.15, 0.2) is 53.4 Å². The van der Waals surface area contributed by atoms with Gasteiger partial charge in [-0.1, -0.05) is 30.3 Å². The predicted octanol–water partition coefficient (Wildman–Crippen LogP) is 1.73. The topological polar surface area (TPSA) is 66.5 Å². The molecule has 0 saturated heterocycles. The highest BCUT2D eigenvalue weighted by Crippen LogP contribution is 2.28. The molecule has 0 radical (unpaired) electrons. The van der Waals surface area contributed by atoms with E-state index in [0.717, 1.165) is 16.8 Å². The van der Waals surface area contributed by atoms with Gasteiger partial charge in [-0.2, -0.15) is 0 Å². The van der Waals surface area contributed by atoms with Gasteiger partial charge >= 0.3 is 0 Å². The summed E-state index contributed by atoms with van der Waals surface area (Å²) in [6.07, 6.45) is 0.993. The molecule has 1 amide bonds. The lowest BCUT2D eigenvalue weighted by atomic mass is 10.1. The van der Waals surface area contributed by atoms with Crippen LogP contribution in [0, 0.1) is 0 Å². The quantitative estimate of drug-likeness (QED) is 0.908. The van der Waals surface area contributed by atoms with Crippen molar-refractivity contribution < 1.29 is 13.2 Å². The Hall–Kier alpha value is -2.18. The summed E-state index contributed by atoms with van der Waals surface area (Å²) in [4.78, 5) is 13.6. The SMILES string of the molecule is CN1C(=O)Cc2cc(CCNS(=O)(=O)c3ccccc3)ccc21. The third-order valence-electron chi connectivity index (χ3n) is 3.98. The summed E-state index contributed by atoms with van der Waals surface area (Å²) in [5.74, 6) is 0.0851. The second-order valence-electron chi connectivity index (χ2n) is 5.55. The molecule has 1 aliphatic heterocycles. The summed E-state index contributed by atoms with van der Waals surface area (Å²) >= 11 is 0. The summed E-state index contributed by atoms with van der Waals surface area (Å²) in [7, 11) is -1.71. The zero-order chi connectivity index (χ0) is 16.4. The molecule has 23 heavy (non-hydrogen) atoms. The molecule has 0 saturated carbocycles. The minimum Gasteiger partial charge on any atom is -0.315 e. The van der Waals surface area contributed by atoms with Crippen molar-refractivity contribution in [1.29, 1.82) is 0 Å². The average molecular weight is 330 g/mol. The van der Waals surface area contributed by atoms with Crippen LogP contribution in [-0.4, -0.2) is 27.9 Å². The highest BCUT2D eigenvalue weighted by atomic mass is 32.2. The van der Waals surface area contributed by atoms with Crippen LogP contribution in [0.1, 0.15) is 11.1 Å². The third-order valence-corrected chi connectivity index (χ3v) is 5.46. The van der Waals surface area contributed by atoms with Crippen molar-refractivity contribution in [1.82, 2.24) is 4.72 Å². The molecule has 120 valence electrons. The Labute approximate surface area is 136 Å². The van der Waals surface area contributed by atoms with Gasteiger partial charge in [-0.25, -0.2) is 13.1 Å². The predicted molar refractivity (Wildman–Crippen MR) is 88.9 cm³/mol. The normalized spacial score (nSPS) is 14.1. The van der Waals surface area contributed by atoms with E-state index >= 15 is 0 Å². The van der Waals surface area contributed by atoms with E-state index in [-0.39, 0.29) is 10.8 Å². The Kier molecular flexibility index (Phi) is 4.19. The maximum Gasteiger partial charge on any atom is 0.240 e. The molecule has 1 N–H and O–H groups in total. The second kappa shape index (κ2) is 6.14. The van der Waals surface area contributed by atoms with Crippen molar-refractivity contribution in [3.8, 4) is 0 Å². The molecule has 0 fully saturated rings. The summed E-state index contributed by atoms with van der Waals surface area (Å²) in [5.41, 5.74) is 2.95. The van der Waals surface area contributed by atoms with Crippen LogP contribution < -0.4 is 9.62 Å². The summed E-state index contributed by atoms with van der Waals surface area (Å²) in [5, 5.41) is 0. The highest BCUT2D eigenvalue weighted by Gasteiger charge is 2.23. The van der Waals surface area contributed by atoms with Crippen molar-refractivity contribution >= 4 is 21.6 Å². The fraction of sp³-hybridized carbons (Fsp3) is 0.235. The first-order chi connectivity index (χ1) is 11.0. The van der Waals surface area contributed by atoms with E-state index in [1.807, 2.05) is 18.2 Å². The van der Waals surface area contributed by atoms with Gasteiger partial charge in [0, 0.05) is 19.3 Å². The van der Waals surface area contributed by atoms with Crippen LogP contribution >= 0.6 is 0 Å². The van der Waals surface area contributed by atoms with Crippen LogP contribution in [-0.2, 0) is 27.7 Å². The minimum atomic E-state index is -3.47. The second-order valence-corrected chi connectivity index (χ2v) is 7.32. The number of amides is 1. The van der Waals surface area contributed by atoms with Gasteiger partial charge in [0.2, 0.25) is 15.9 Å². The number of nitrogens with one attached hydrogen (secondary N) is 1. The number of hydrogen-bond acceptors (Lipinski definition) is 3. The molecule has 6 heteroatoms. The number of fused-ring (bicyclic) bond motifs is 1. The van der Waals surface area contributed by atoms with Crippen molar-refractivity contribution in [2.45, 2.75) is 17.7 Å². The summed E-state index contributed by atoms with van der Waals surface area (Å²) < 4.78 is 26.9. The van der Waals surface area contributed by atoms with Crippen LogP contribution in [0.25, 0.3) is 0 Å². The first-order valence-electron chi connectivity index (χ1n) is 7.40. The van der Waals surface area contributed by atoms with Crippen molar-refractivity contribution in [2.75, 3.05) is 18.5 Å². The lowest BCUT2D eigenvalue weighted by Gasteiger charge is -2.11. The Bertz CT molecular complexity index is 832. The number of likely N-dealkylation sites (N-methyl/N-ethyl adjacent to an activating group) is 1. The van der Waals surface area contributed by atoms with E-state index in [1.54, 1.807) is 42.3 Å². The molecule has 3 rings (SSSR count). The van der Waals surface area contributed by atoms with Gasteiger partial charge in [-0.3, -0.25) is 4.79 Å². The molecule has 0 spiro atoms. The number of sulfonamides is 1. The smallest absolute Gasteiger partial charge is 0.240 e. The van der Waals surface area contributed by atoms with Gasteiger partial charge in [-0.05, 0) is 35.7 Å². The molecule has 2 aromatic carbocycles. The monoisotopic (exact) mass is 330 g/mol. The van der Waals surface area contributed by atoms with E-state index in [2.05, 4.69) is 4.72 Å². The van der Waals surface area contributed by atoms with Gasteiger partial charge in [-0.15, -0.1) is 0 Å². The van der Waals surface area contributed by atoms with Crippen LogP contribution in [0.2, 0.25) is 0 Å². The van der Waals surface area contributed by atoms with Crippen LogP contribution in [0.4, 0.5) is 5.69 Å². The first-order valence-corrected chi connectivity index (χ1v) is 8.89. The van der Waals surface area contributed by atoms with E-state index in [9.17, 15) is 13.2 Å². The van der Waals surface area contributed by atoms with Gasteiger partial charge < -0.3 is 4.90 Å². The molecule has 0 aliphatic carbocycles. The lowest BCUT2D eigenvalue weighted by Crippen LogP contribution is -2.25. The number of anilines is 1. The maximum atomic E-state index is 12.1. The molecule has 1 aliphatic rings. The molecule has 5 nitrogen and oxygen atoms in total. The summed E-state index contributed by atoms with van der Waals surface area (Å²) in [6.45, 7) is 0.319. The zero-order valence-corrected chi connectivity index (χ0v) is 13.6. The number of rotatable bonds is 5. The van der Waals surface area contributed by atoms with E-state index in [1.165, 1.54) is 0 Å². The lowest BCUT2D eigenvalue weighted by molar-refractivity contribution is -0.117. The Morgan fingerprint density at radius 3 is 2.61 bits per heavy atom. The highest BCUT2D eigenvalue weighted by molar-refractivity contribution is 7.89. The van der Waals surface area contributed by atoms with Crippen LogP contribution in [0.5, 0.6) is 0 Å². The molecule has 0 unspecified atom stereocenters. The number of hydrogen-bond donors (Lipinski definition) is 1. The Morgan fingerprint density at radius 2 is 1.87 bits per heavy atom. The van der Waals surface area contributed by atoms with Crippen molar-refractivity contribution in [2.24, 2.45) is 0 Å². The number of benzene rings is 2. The maximum absolute atomic E-state index is 12.1. The molecular weight excluding hydrogens is 312 g/mol. The molecule has 2 aromatic rings. The average Bonchev–Trinajstić information content (AvgIpc) is 2.82. The largest absolute Gasteiger partial charge is 0.315 e. The van der Waals surface area contributed by atoms with E-state index in [0.29, 0.717) is 19.4 Å². The Morgan fingerprint density at radius 1 is 1.13 bits per heavy atom. The number of carbonyl (C=O) groups is 1. The zero-order valence-electron chi connectivity index (χ0n) is 12.8. The van der Waals surface area contributed by atoms with E-state index < -0.39 is 10.0 Å². The Balaban J connectivity index is 1.64. The molecule has 0 atom stereocenters. The fourth-order valence-corrected chi connectivity index (χ4v) is 3.74. The minimum absolute atomic E-state index is 0.0851. The number of nitrogens with zero attached hydrogens (tertiary/aromatic N) is 1. The molecule has 0 bridgehead atoms. The van der Waals surface area contributed by atoms with Gasteiger partial charge in [0.1, 0.15) is 0 Å². The van der Waals surface area contributed by atoms with Gasteiger partial charge in [0.25, 0.3) is 0 Å². The third kappa shape index (κ3) is 3.28. The fourth-order valence-electron chi connectivity index (χ4n) is 2.69. The molecule has 1 heterocycles. The van der Waals surface area contributed by atoms with Gasteiger partial charge in [0.05, 0.1) is 11.3 Å². The number of carbonyl (C=O) groups excluding carboxylic acids is 1.